The number of hydrogen-bond donors (Lipinski definition) is 0. The highest BCUT2D eigenvalue weighted by molar-refractivity contribution is 7.18. The van der Waals surface area contributed by atoms with E-state index in [1.165, 1.54) is 30.8 Å². The Morgan fingerprint density at radius 2 is 1.97 bits per heavy atom. The Bertz CT molecular complexity index is 1240. The molecule has 1 saturated carbocycles. The largest absolute Gasteiger partial charge is 0.497 e. The number of fused-ring (bicyclic) bond motifs is 3. The van der Waals surface area contributed by atoms with Gasteiger partial charge in [-0.15, -0.1) is 11.3 Å². The number of amides is 1. The fourth-order valence-corrected chi connectivity index (χ4v) is 5.97. The van der Waals surface area contributed by atoms with E-state index >= 15 is 0 Å². The van der Waals surface area contributed by atoms with Gasteiger partial charge in [0, 0.05) is 47.5 Å². The van der Waals surface area contributed by atoms with Gasteiger partial charge in [0.05, 0.1) is 25.8 Å². The average Bonchev–Trinajstić information content (AvgIpc) is 3.26. The van der Waals surface area contributed by atoms with E-state index in [1.54, 1.807) is 17.0 Å². The molecule has 4 heterocycles. The Balaban J connectivity index is 1.23. The van der Waals surface area contributed by atoms with Gasteiger partial charge in [-0.2, -0.15) is 0 Å². The number of nitrogens with zero attached hydrogens (tertiary/aromatic N) is 3. The maximum Gasteiger partial charge on any atom is 0.410 e. The van der Waals surface area contributed by atoms with Gasteiger partial charge in [-0.3, -0.25) is 0 Å². The fraction of sp³-hybridized carbons (Fsp3) is 0.480. The number of methoxy groups -OCH3 is 1. The van der Waals surface area contributed by atoms with Gasteiger partial charge < -0.3 is 23.8 Å². The molecule has 1 amide bonds. The van der Waals surface area contributed by atoms with E-state index in [1.807, 2.05) is 5.38 Å². The molecule has 3 fully saturated rings. The molecule has 8 nitrogen and oxygen atoms in total. The molecule has 1 aliphatic carbocycles. The van der Waals surface area contributed by atoms with Crippen LogP contribution in [0.4, 0.5) is 9.18 Å². The van der Waals surface area contributed by atoms with Crippen molar-refractivity contribution >= 4 is 27.6 Å². The number of hydrogen-bond acceptors (Lipinski definition) is 8. The summed E-state index contributed by atoms with van der Waals surface area (Å²) < 4.78 is 38.5. The fourth-order valence-electron chi connectivity index (χ4n) is 5.02. The second kappa shape index (κ2) is 9.23. The van der Waals surface area contributed by atoms with Gasteiger partial charge in [-0.1, -0.05) is 0 Å². The average molecular weight is 500 g/mol. The second-order valence-corrected chi connectivity index (χ2v) is 10.2. The molecule has 2 saturated heterocycles. The SMILES string of the molecule is COc1ccc(-c2csc3c(OC4C5COCC4CN(C(=O)OC4CCC4)C5)ncnc23)c(F)c1. The summed E-state index contributed by atoms with van der Waals surface area (Å²) in [6.45, 7) is 2.06. The number of piperidine rings is 1. The Labute approximate surface area is 206 Å². The van der Waals surface area contributed by atoms with Gasteiger partial charge in [-0.05, 0) is 31.4 Å². The zero-order valence-electron chi connectivity index (χ0n) is 19.3. The first-order chi connectivity index (χ1) is 17.1. The number of rotatable bonds is 5. The molecule has 2 aromatic heterocycles. The highest BCUT2D eigenvalue weighted by atomic mass is 32.1. The lowest BCUT2D eigenvalue weighted by Gasteiger charge is -2.46. The molecule has 2 bridgehead atoms. The monoisotopic (exact) mass is 499 g/mol. The molecule has 0 radical (unpaired) electrons. The number of thiophene rings is 1. The summed E-state index contributed by atoms with van der Waals surface area (Å²) in [7, 11) is 1.51. The van der Waals surface area contributed by atoms with E-state index in [0.717, 1.165) is 24.0 Å². The quantitative estimate of drug-likeness (QED) is 0.510. The van der Waals surface area contributed by atoms with Crippen molar-refractivity contribution in [2.75, 3.05) is 33.4 Å². The molecule has 1 aromatic carbocycles. The van der Waals surface area contributed by atoms with Gasteiger partial charge in [0.1, 0.15) is 34.8 Å². The van der Waals surface area contributed by atoms with E-state index in [9.17, 15) is 9.18 Å². The van der Waals surface area contributed by atoms with Crippen molar-refractivity contribution in [3.8, 4) is 22.8 Å². The minimum Gasteiger partial charge on any atom is -0.497 e. The van der Waals surface area contributed by atoms with Gasteiger partial charge in [-0.25, -0.2) is 19.2 Å². The van der Waals surface area contributed by atoms with Crippen molar-refractivity contribution in [3.05, 3.63) is 35.7 Å². The lowest BCUT2D eigenvalue weighted by atomic mass is 9.84. The number of carbonyl (C=O) groups excluding carboxylic acids is 1. The summed E-state index contributed by atoms with van der Waals surface area (Å²) in [6.07, 6.45) is 4.16. The molecule has 184 valence electrons. The summed E-state index contributed by atoms with van der Waals surface area (Å²) in [5.41, 5.74) is 1.78. The zero-order chi connectivity index (χ0) is 23.9. The minimum absolute atomic E-state index is 0.0138. The van der Waals surface area contributed by atoms with Crippen molar-refractivity contribution in [2.45, 2.75) is 31.5 Å². The Kier molecular flexibility index (Phi) is 5.93. The summed E-state index contributed by atoms with van der Waals surface area (Å²) in [4.78, 5) is 23.3. The van der Waals surface area contributed by atoms with Crippen molar-refractivity contribution in [1.29, 1.82) is 0 Å². The topological polar surface area (TPSA) is 83.0 Å². The molecule has 0 spiro atoms. The first-order valence-electron chi connectivity index (χ1n) is 11.9. The van der Waals surface area contributed by atoms with E-state index < -0.39 is 0 Å². The van der Waals surface area contributed by atoms with Crippen molar-refractivity contribution < 1.29 is 28.1 Å². The first kappa shape index (κ1) is 22.5. The van der Waals surface area contributed by atoms with Gasteiger partial charge >= 0.3 is 6.09 Å². The van der Waals surface area contributed by atoms with Gasteiger partial charge in [0.15, 0.2) is 0 Å². The number of likely N-dealkylation sites (tertiary alicyclic amines) is 1. The van der Waals surface area contributed by atoms with Crippen LogP contribution in [0, 0.1) is 17.7 Å². The normalized spacial score (nSPS) is 24.2. The number of carbonyl (C=O) groups is 1. The molecule has 3 aromatic rings. The third-order valence-corrected chi connectivity index (χ3v) is 8.07. The second-order valence-electron chi connectivity index (χ2n) is 9.33. The molecule has 2 aliphatic heterocycles. The van der Waals surface area contributed by atoms with Crippen LogP contribution in [0.3, 0.4) is 0 Å². The van der Waals surface area contributed by atoms with Crippen LogP contribution < -0.4 is 9.47 Å². The van der Waals surface area contributed by atoms with Crippen molar-refractivity contribution in [2.24, 2.45) is 11.8 Å². The number of halogens is 1. The Hall–Kier alpha value is -2.98. The van der Waals surface area contributed by atoms with Gasteiger partial charge in [0.25, 0.3) is 0 Å². The third-order valence-electron chi connectivity index (χ3n) is 7.12. The van der Waals surface area contributed by atoms with E-state index in [-0.39, 0.29) is 36.0 Å². The molecule has 0 N–H and O–H groups in total. The molecular formula is C25H26FN3O5S. The van der Waals surface area contributed by atoms with Crippen LogP contribution in [0.15, 0.2) is 29.9 Å². The molecule has 35 heavy (non-hydrogen) atoms. The van der Waals surface area contributed by atoms with Crippen LogP contribution in [0.2, 0.25) is 0 Å². The molecule has 2 atom stereocenters. The highest BCUT2D eigenvalue weighted by Gasteiger charge is 2.44. The maximum absolute atomic E-state index is 14.8. The lowest BCUT2D eigenvalue weighted by molar-refractivity contribution is -0.112. The van der Waals surface area contributed by atoms with Crippen LogP contribution in [0.1, 0.15) is 19.3 Å². The zero-order valence-corrected chi connectivity index (χ0v) is 20.1. The Morgan fingerprint density at radius 3 is 2.66 bits per heavy atom. The standard InChI is InChI=1S/C25H26FN3O5S/c1-31-17-5-6-18(20(26)7-17)19-12-35-23-21(19)27-13-28-24(23)34-22-14-8-29(9-15(22)11-32-10-14)25(30)33-16-3-2-4-16/h5-7,12-16,22H,2-4,8-11H2,1H3. The first-order valence-corrected chi connectivity index (χ1v) is 12.7. The number of benzene rings is 1. The smallest absolute Gasteiger partial charge is 0.410 e. The van der Waals surface area contributed by atoms with Crippen LogP contribution in [-0.2, 0) is 9.47 Å². The molecule has 10 heteroatoms. The van der Waals surface area contributed by atoms with Crippen LogP contribution in [0.25, 0.3) is 21.3 Å². The molecular weight excluding hydrogens is 473 g/mol. The van der Waals surface area contributed by atoms with Gasteiger partial charge in [0.2, 0.25) is 5.88 Å². The van der Waals surface area contributed by atoms with Crippen LogP contribution in [-0.4, -0.2) is 66.6 Å². The molecule has 3 aliphatic rings. The minimum atomic E-state index is -0.377. The van der Waals surface area contributed by atoms with E-state index in [2.05, 4.69) is 9.97 Å². The number of ether oxygens (including phenoxy) is 4. The Morgan fingerprint density at radius 1 is 1.17 bits per heavy atom. The lowest BCUT2D eigenvalue weighted by Crippen LogP contribution is -2.59. The van der Waals surface area contributed by atoms with Crippen molar-refractivity contribution in [3.63, 3.8) is 0 Å². The predicted molar refractivity (Wildman–Crippen MR) is 127 cm³/mol. The van der Waals surface area contributed by atoms with Crippen LogP contribution in [0.5, 0.6) is 11.6 Å². The maximum atomic E-state index is 14.8. The van der Waals surface area contributed by atoms with E-state index in [4.69, 9.17) is 18.9 Å². The van der Waals surface area contributed by atoms with Crippen LogP contribution >= 0.6 is 11.3 Å². The molecule has 2 unspecified atom stereocenters. The third kappa shape index (κ3) is 4.18. The predicted octanol–water partition coefficient (Wildman–Crippen LogP) is 4.52. The highest BCUT2D eigenvalue weighted by Crippen LogP contribution is 2.40. The van der Waals surface area contributed by atoms with Crippen molar-refractivity contribution in [1.82, 2.24) is 14.9 Å². The summed E-state index contributed by atoms with van der Waals surface area (Å²) in [5.74, 6) is 0.589. The summed E-state index contributed by atoms with van der Waals surface area (Å²) >= 11 is 1.43. The summed E-state index contributed by atoms with van der Waals surface area (Å²) in [6, 6.07) is 4.78. The molecule has 6 rings (SSSR count). The number of aromatic nitrogens is 2. The van der Waals surface area contributed by atoms with E-state index in [0.29, 0.717) is 54.6 Å². The summed E-state index contributed by atoms with van der Waals surface area (Å²) in [5, 5.41) is 1.88.